The van der Waals surface area contributed by atoms with E-state index in [0.717, 1.165) is 25.7 Å². The summed E-state index contributed by atoms with van der Waals surface area (Å²) in [6.45, 7) is 1.98. The topological polar surface area (TPSA) is 73.2 Å². The number of ether oxygens (including phenoxy) is 1. The molecule has 1 N–H and O–H groups in total. The predicted octanol–water partition coefficient (Wildman–Crippen LogP) is 6.09. The Bertz CT molecular complexity index is 1150. The molecule has 1 heterocycles. The zero-order valence-corrected chi connectivity index (χ0v) is 19.8. The minimum absolute atomic E-state index is 0.0814. The molecular formula is C25H25Cl2N3O3. The summed E-state index contributed by atoms with van der Waals surface area (Å²) in [5.74, 6) is -0.604. The Balaban J connectivity index is 1.65. The third kappa shape index (κ3) is 5.40. The molecule has 1 saturated carbocycles. The minimum atomic E-state index is -0.522. The third-order valence-electron chi connectivity index (χ3n) is 5.72. The highest BCUT2D eigenvalue weighted by atomic mass is 35.5. The van der Waals surface area contributed by atoms with Crippen molar-refractivity contribution in [3.63, 3.8) is 0 Å². The number of carbonyl (C=O) groups is 2. The van der Waals surface area contributed by atoms with E-state index >= 15 is 0 Å². The molecule has 1 amide bonds. The summed E-state index contributed by atoms with van der Waals surface area (Å²) in [7, 11) is 0. The van der Waals surface area contributed by atoms with Gasteiger partial charge in [0.25, 0.3) is 5.91 Å². The number of amides is 1. The molecule has 0 unspecified atom stereocenters. The number of carbonyl (C=O) groups excluding carboxylic acids is 2. The highest BCUT2D eigenvalue weighted by Crippen LogP contribution is 2.32. The Morgan fingerprint density at radius 1 is 1.06 bits per heavy atom. The Labute approximate surface area is 202 Å². The van der Waals surface area contributed by atoms with E-state index in [4.69, 9.17) is 27.9 Å². The Morgan fingerprint density at radius 3 is 2.45 bits per heavy atom. The fourth-order valence-corrected chi connectivity index (χ4v) is 4.55. The van der Waals surface area contributed by atoms with Crippen molar-refractivity contribution >= 4 is 35.1 Å². The fourth-order valence-electron chi connectivity index (χ4n) is 4.04. The van der Waals surface area contributed by atoms with E-state index < -0.39 is 5.97 Å². The molecule has 1 aliphatic carbocycles. The molecule has 1 fully saturated rings. The van der Waals surface area contributed by atoms with Crippen molar-refractivity contribution in [2.24, 2.45) is 0 Å². The van der Waals surface area contributed by atoms with Crippen LogP contribution in [-0.4, -0.2) is 34.3 Å². The van der Waals surface area contributed by atoms with Crippen LogP contribution < -0.4 is 5.32 Å². The lowest BCUT2D eigenvalue weighted by atomic mass is 9.95. The largest absolute Gasteiger partial charge is 0.461 e. The smallest absolute Gasteiger partial charge is 0.358 e. The maximum absolute atomic E-state index is 12.7. The summed E-state index contributed by atoms with van der Waals surface area (Å²) in [6, 6.07) is 14.1. The van der Waals surface area contributed by atoms with Crippen LogP contribution in [0.3, 0.4) is 0 Å². The van der Waals surface area contributed by atoms with E-state index in [1.54, 1.807) is 60.1 Å². The van der Waals surface area contributed by atoms with Gasteiger partial charge in [-0.1, -0.05) is 42.5 Å². The van der Waals surface area contributed by atoms with Crippen molar-refractivity contribution in [2.45, 2.75) is 45.1 Å². The van der Waals surface area contributed by atoms with Crippen LogP contribution in [0, 0.1) is 0 Å². The molecular weight excluding hydrogens is 461 g/mol. The van der Waals surface area contributed by atoms with Gasteiger partial charge in [0.2, 0.25) is 0 Å². The van der Waals surface area contributed by atoms with Gasteiger partial charge in [0.05, 0.1) is 23.0 Å². The molecule has 6 nitrogen and oxygen atoms in total. The molecule has 33 heavy (non-hydrogen) atoms. The van der Waals surface area contributed by atoms with Crippen LogP contribution in [0.2, 0.25) is 10.0 Å². The Morgan fingerprint density at radius 2 is 1.79 bits per heavy atom. The molecule has 4 rings (SSSR count). The first-order valence-corrected chi connectivity index (χ1v) is 11.9. The van der Waals surface area contributed by atoms with Gasteiger partial charge in [0.1, 0.15) is 0 Å². The molecule has 0 bridgehead atoms. The molecule has 3 aromatic rings. The lowest BCUT2D eigenvalue weighted by Crippen LogP contribution is -2.36. The third-order valence-corrected chi connectivity index (χ3v) is 6.26. The lowest BCUT2D eigenvalue weighted by molar-refractivity contribution is 0.0518. The average Bonchev–Trinajstić information content (AvgIpc) is 3.25. The zero-order valence-electron chi connectivity index (χ0n) is 18.3. The number of halogens is 2. The molecule has 0 spiro atoms. The number of nitrogens with zero attached hydrogens (tertiary/aromatic N) is 2. The van der Waals surface area contributed by atoms with Crippen LogP contribution in [0.4, 0.5) is 0 Å². The molecule has 0 saturated heterocycles. The minimum Gasteiger partial charge on any atom is -0.461 e. The molecule has 8 heteroatoms. The maximum atomic E-state index is 12.7. The van der Waals surface area contributed by atoms with E-state index in [9.17, 15) is 9.59 Å². The number of aromatic nitrogens is 2. The summed E-state index contributed by atoms with van der Waals surface area (Å²) in [5.41, 5.74) is 2.70. The second-order valence-corrected chi connectivity index (χ2v) is 8.87. The average molecular weight is 486 g/mol. The molecule has 2 aromatic carbocycles. The van der Waals surface area contributed by atoms with Crippen LogP contribution in [-0.2, 0) is 4.74 Å². The number of hydrogen-bond acceptors (Lipinski definition) is 4. The van der Waals surface area contributed by atoms with Gasteiger partial charge in [-0.25, -0.2) is 9.48 Å². The van der Waals surface area contributed by atoms with E-state index in [-0.39, 0.29) is 24.2 Å². The van der Waals surface area contributed by atoms with Gasteiger partial charge in [-0.15, -0.1) is 0 Å². The highest BCUT2D eigenvalue weighted by Gasteiger charge is 2.20. The van der Waals surface area contributed by atoms with Gasteiger partial charge >= 0.3 is 5.97 Å². The quantitative estimate of drug-likeness (QED) is 0.429. The Kier molecular flexibility index (Phi) is 7.36. The summed E-state index contributed by atoms with van der Waals surface area (Å²) < 4.78 is 6.73. The molecule has 1 aliphatic rings. The van der Waals surface area contributed by atoms with Crippen molar-refractivity contribution in [3.05, 3.63) is 69.8 Å². The molecule has 0 aliphatic heterocycles. The van der Waals surface area contributed by atoms with Crippen LogP contribution in [0.5, 0.6) is 0 Å². The van der Waals surface area contributed by atoms with E-state index in [1.165, 1.54) is 6.42 Å². The van der Waals surface area contributed by atoms with E-state index in [2.05, 4.69) is 10.4 Å². The summed E-state index contributed by atoms with van der Waals surface area (Å²) >= 11 is 12.5. The van der Waals surface area contributed by atoms with Gasteiger partial charge in [0, 0.05) is 22.2 Å². The van der Waals surface area contributed by atoms with Gasteiger partial charge in [-0.3, -0.25) is 4.79 Å². The van der Waals surface area contributed by atoms with Crippen molar-refractivity contribution in [1.29, 1.82) is 0 Å². The number of hydrogen-bond donors (Lipinski definition) is 1. The van der Waals surface area contributed by atoms with E-state index in [1.807, 2.05) is 0 Å². The number of esters is 1. The standard InChI is InChI=1S/C25H25Cl2N3O3/c1-2-33-25(32)22-15-23(20-13-10-17(26)14-21(20)27)30(29-22)19-11-8-16(9-12-19)24(31)28-18-6-4-3-5-7-18/h8-15,18H,2-7H2,1H3,(H,28,31). The van der Waals surface area contributed by atoms with Crippen molar-refractivity contribution in [3.8, 4) is 16.9 Å². The predicted molar refractivity (Wildman–Crippen MR) is 129 cm³/mol. The second kappa shape index (κ2) is 10.4. The SMILES string of the molecule is CCOC(=O)c1cc(-c2ccc(Cl)cc2Cl)n(-c2ccc(C(=O)NC3CCCCC3)cc2)n1. The number of rotatable bonds is 6. The second-order valence-electron chi connectivity index (χ2n) is 8.03. The Hall–Kier alpha value is -2.83. The van der Waals surface area contributed by atoms with Gasteiger partial charge in [-0.2, -0.15) is 5.10 Å². The van der Waals surface area contributed by atoms with Crippen LogP contribution >= 0.6 is 23.2 Å². The maximum Gasteiger partial charge on any atom is 0.358 e. The first kappa shape index (κ1) is 23.3. The molecule has 0 radical (unpaired) electrons. The number of benzene rings is 2. The highest BCUT2D eigenvalue weighted by molar-refractivity contribution is 6.36. The monoisotopic (exact) mass is 485 g/mol. The van der Waals surface area contributed by atoms with E-state index in [0.29, 0.717) is 32.6 Å². The summed E-state index contributed by atoms with van der Waals surface area (Å²) in [5, 5.41) is 8.52. The van der Waals surface area contributed by atoms with Crippen LogP contribution in [0.25, 0.3) is 16.9 Å². The van der Waals surface area contributed by atoms with Crippen LogP contribution in [0.1, 0.15) is 59.9 Å². The van der Waals surface area contributed by atoms with Crippen molar-refractivity contribution in [1.82, 2.24) is 15.1 Å². The first-order valence-electron chi connectivity index (χ1n) is 11.1. The summed E-state index contributed by atoms with van der Waals surface area (Å²) in [6.07, 6.45) is 5.60. The van der Waals surface area contributed by atoms with Crippen LogP contribution in [0.15, 0.2) is 48.5 Å². The molecule has 1 aromatic heterocycles. The van der Waals surface area contributed by atoms with Gasteiger partial charge in [0.15, 0.2) is 5.69 Å². The lowest BCUT2D eigenvalue weighted by Gasteiger charge is -2.22. The van der Waals surface area contributed by atoms with Crippen molar-refractivity contribution < 1.29 is 14.3 Å². The fraction of sp³-hybridized carbons (Fsp3) is 0.320. The van der Waals surface area contributed by atoms with Gasteiger partial charge in [-0.05, 0) is 68.3 Å². The molecule has 0 atom stereocenters. The zero-order chi connectivity index (χ0) is 23.4. The van der Waals surface area contributed by atoms with Crippen molar-refractivity contribution in [2.75, 3.05) is 6.61 Å². The van der Waals surface area contributed by atoms with Gasteiger partial charge < -0.3 is 10.1 Å². The molecule has 172 valence electrons. The number of nitrogens with one attached hydrogen (secondary N) is 1. The summed E-state index contributed by atoms with van der Waals surface area (Å²) in [4.78, 5) is 25.0. The normalized spacial score (nSPS) is 14.2. The first-order chi connectivity index (χ1) is 16.0.